The van der Waals surface area contributed by atoms with Gasteiger partial charge in [-0.15, -0.1) is 0 Å². The summed E-state index contributed by atoms with van der Waals surface area (Å²) in [5.41, 5.74) is 15.5. The summed E-state index contributed by atoms with van der Waals surface area (Å²) in [6, 6.07) is 9.50. The van der Waals surface area contributed by atoms with Crippen LogP contribution in [0, 0.1) is 0 Å². The molecule has 29 heavy (non-hydrogen) atoms. The zero-order valence-corrected chi connectivity index (χ0v) is 18.4. The number of nitrogens with two attached hydrogens (primary N) is 2. The van der Waals surface area contributed by atoms with Crippen molar-refractivity contribution in [2.75, 3.05) is 18.1 Å². The lowest BCUT2D eigenvalue weighted by molar-refractivity contribution is -0.120. The van der Waals surface area contributed by atoms with Crippen LogP contribution in [0.15, 0.2) is 30.3 Å². The van der Waals surface area contributed by atoms with Gasteiger partial charge >= 0.3 is 0 Å². The normalized spacial score (nSPS) is 12.6. The maximum Gasteiger partial charge on any atom is 0.216 e. The Balaban J connectivity index is 2.12. The van der Waals surface area contributed by atoms with Crippen molar-refractivity contribution in [3.05, 3.63) is 47.2 Å². The van der Waals surface area contributed by atoms with Gasteiger partial charge in [-0.25, -0.2) is 4.98 Å². The van der Waals surface area contributed by atoms with E-state index < -0.39 is 0 Å². The van der Waals surface area contributed by atoms with Gasteiger partial charge in [0.1, 0.15) is 5.78 Å². The maximum absolute atomic E-state index is 12.8. The van der Waals surface area contributed by atoms with Crippen molar-refractivity contribution in [2.45, 2.75) is 71.6 Å². The molecule has 1 unspecified atom stereocenters. The molecule has 4 N–H and O–H groups in total. The highest BCUT2D eigenvalue weighted by Crippen LogP contribution is 2.28. The number of unbranched alkanes of at least 4 members (excludes halogenated alkanes) is 1. The highest BCUT2D eigenvalue weighted by Gasteiger charge is 2.20. The third-order valence-electron chi connectivity index (χ3n) is 5.18. The number of aryl methyl sites for hydroxylation is 1. The second-order valence-corrected chi connectivity index (χ2v) is 8.69. The van der Waals surface area contributed by atoms with Crippen LogP contribution in [0.4, 0.5) is 11.4 Å². The maximum atomic E-state index is 12.8. The lowest BCUT2D eigenvalue weighted by Gasteiger charge is -2.20. The number of anilines is 2. The van der Waals surface area contributed by atoms with Crippen molar-refractivity contribution in [3.8, 4) is 5.88 Å². The molecular formula is C24H35N3O2. The summed E-state index contributed by atoms with van der Waals surface area (Å²) >= 11 is 0. The number of hydrogen-bond acceptors (Lipinski definition) is 5. The molecule has 0 aliphatic carbocycles. The average Bonchev–Trinajstić information content (AvgIpc) is 2.67. The number of hydrogen-bond donors (Lipinski definition) is 2. The van der Waals surface area contributed by atoms with E-state index in [0.717, 1.165) is 29.7 Å². The topological polar surface area (TPSA) is 91.2 Å². The van der Waals surface area contributed by atoms with Gasteiger partial charge in [-0.05, 0) is 36.6 Å². The molecule has 0 fully saturated rings. The number of carbonyl (C=O) groups excluding carboxylic acids is 1. The molecule has 1 aromatic carbocycles. The molecule has 1 aromatic heterocycles. The Morgan fingerprint density at radius 2 is 1.86 bits per heavy atom. The Kier molecular flexibility index (Phi) is 7.66. The molecule has 2 rings (SSSR count). The highest BCUT2D eigenvalue weighted by atomic mass is 16.5. The van der Waals surface area contributed by atoms with Gasteiger partial charge in [0.25, 0.3) is 0 Å². The molecule has 5 heteroatoms. The molecular weight excluding hydrogens is 362 g/mol. The van der Waals surface area contributed by atoms with Crippen LogP contribution in [-0.4, -0.2) is 17.4 Å². The van der Waals surface area contributed by atoms with Gasteiger partial charge in [-0.1, -0.05) is 53.2 Å². The first kappa shape index (κ1) is 22.7. The van der Waals surface area contributed by atoms with E-state index in [1.807, 2.05) is 25.1 Å². The standard InChI is InChI=1S/C24H35N3O2/c1-6-7-14-29-23-17(10-13-22(27-23)24(3,4)5)9-12-21(28)16(2)18-8-11-19(25)20(26)15-18/h8,10-11,13,15-16H,6-7,9,12,14,25-26H2,1-5H3. The lowest BCUT2D eigenvalue weighted by atomic mass is 9.90. The molecule has 0 bridgehead atoms. The molecule has 0 saturated carbocycles. The average molecular weight is 398 g/mol. The molecule has 2 aromatic rings. The van der Waals surface area contributed by atoms with Gasteiger partial charge < -0.3 is 16.2 Å². The Labute approximate surface area is 174 Å². The number of ether oxygens (including phenoxy) is 1. The Morgan fingerprint density at radius 3 is 2.48 bits per heavy atom. The molecule has 1 atom stereocenters. The van der Waals surface area contributed by atoms with Crippen LogP contribution < -0.4 is 16.2 Å². The van der Waals surface area contributed by atoms with Crippen LogP contribution in [0.5, 0.6) is 5.88 Å². The summed E-state index contributed by atoms with van der Waals surface area (Å²) < 4.78 is 5.97. The minimum absolute atomic E-state index is 0.0547. The second-order valence-electron chi connectivity index (χ2n) is 8.69. The van der Waals surface area contributed by atoms with E-state index in [4.69, 9.17) is 21.2 Å². The monoisotopic (exact) mass is 397 g/mol. The highest BCUT2D eigenvalue weighted by molar-refractivity contribution is 5.86. The van der Waals surface area contributed by atoms with Crippen molar-refractivity contribution >= 4 is 17.2 Å². The molecule has 158 valence electrons. The smallest absolute Gasteiger partial charge is 0.216 e. The van der Waals surface area contributed by atoms with Gasteiger partial charge in [0.05, 0.1) is 18.0 Å². The predicted octanol–water partition coefficient (Wildman–Crippen LogP) is 5.03. The van der Waals surface area contributed by atoms with E-state index in [1.165, 1.54) is 0 Å². The largest absolute Gasteiger partial charge is 0.477 e. The van der Waals surface area contributed by atoms with Gasteiger partial charge in [0, 0.05) is 29.0 Å². The first-order valence-corrected chi connectivity index (χ1v) is 10.4. The van der Waals surface area contributed by atoms with E-state index in [2.05, 4.69) is 27.7 Å². The van der Waals surface area contributed by atoms with Gasteiger partial charge in [0.2, 0.25) is 5.88 Å². The van der Waals surface area contributed by atoms with Crippen LogP contribution in [0.2, 0.25) is 0 Å². The Hall–Kier alpha value is -2.56. The third-order valence-corrected chi connectivity index (χ3v) is 5.18. The van der Waals surface area contributed by atoms with Crippen LogP contribution in [0.1, 0.15) is 76.6 Å². The van der Waals surface area contributed by atoms with Gasteiger partial charge in [0.15, 0.2) is 0 Å². The van der Waals surface area contributed by atoms with E-state index >= 15 is 0 Å². The fourth-order valence-electron chi connectivity index (χ4n) is 3.04. The van der Waals surface area contributed by atoms with Gasteiger partial charge in [-0.3, -0.25) is 4.79 Å². The summed E-state index contributed by atoms with van der Waals surface area (Å²) in [6.07, 6.45) is 3.07. The van der Waals surface area contributed by atoms with E-state index in [0.29, 0.717) is 36.7 Å². The molecule has 0 saturated heterocycles. The van der Waals surface area contributed by atoms with E-state index in [9.17, 15) is 4.79 Å². The summed E-state index contributed by atoms with van der Waals surface area (Å²) in [7, 11) is 0. The summed E-state index contributed by atoms with van der Waals surface area (Å²) in [5, 5.41) is 0. The van der Waals surface area contributed by atoms with Crippen LogP contribution >= 0.6 is 0 Å². The zero-order chi connectivity index (χ0) is 21.6. The van der Waals surface area contributed by atoms with Crippen LogP contribution in [-0.2, 0) is 16.6 Å². The first-order valence-electron chi connectivity index (χ1n) is 10.4. The van der Waals surface area contributed by atoms with Crippen molar-refractivity contribution < 1.29 is 9.53 Å². The SMILES string of the molecule is CCCCOc1nc(C(C)(C)C)ccc1CCC(=O)C(C)c1ccc(N)c(N)c1. The summed E-state index contributed by atoms with van der Waals surface area (Å²) in [6.45, 7) is 11.1. The van der Waals surface area contributed by atoms with E-state index in [-0.39, 0.29) is 17.1 Å². The molecule has 0 aliphatic rings. The van der Waals surface area contributed by atoms with Crippen molar-refractivity contribution in [2.24, 2.45) is 0 Å². The number of aromatic nitrogens is 1. The summed E-state index contributed by atoms with van der Waals surface area (Å²) in [5.74, 6) is 0.584. The lowest BCUT2D eigenvalue weighted by Crippen LogP contribution is -2.16. The van der Waals surface area contributed by atoms with Gasteiger partial charge in [-0.2, -0.15) is 0 Å². The fraction of sp³-hybridized carbons (Fsp3) is 0.500. The number of nitrogen functional groups attached to an aromatic ring is 2. The van der Waals surface area contributed by atoms with E-state index in [1.54, 1.807) is 12.1 Å². The number of ketones is 1. The number of nitrogens with zero attached hydrogens (tertiary/aromatic N) is 1. The quantitative estimate of drug-likeness (QED) is 0.457. The van der Waals surface area contributed by atoms with Crippen LogP contribution in [0.3, 0.4) is 0 Å². The number of Topliss-reactive ketones (excluding diaryl/α,β-unsaturated/α-hetero) is 1. The molecule has 0 radical (unpaired) electrons. The number of carbonyl (C=O) groups is 1. The van der Waals surface area contributed by atoms with Crippen LogP contribution in [0.25, 0.3) is 0 Å². The second kappa shape index (κ2) is 9.77. The van der Waals surface area contributed by atoms with Crippen molar-refractivity contribution in [1.82, 2.24) is 4.98 Å². The molecule has 0 aliphatic heterocycles. The Bertz CT molecular complexity index is 841. The zero-order valence-electron chi connectivity index (χ0n) is 18.4. The molecule has 5 nitrogen and oxygen atoms in total. The number of pyridine rings is 1. The number of benzene rings is 1. The molecule has 0 amide bonds. The first-order chi connectivity index (χ1) is 13.6. The Morgan fingerprint density at radius 1 is 1.14 bits per heavy atom. The molecule has 0 spiro atoms. The predicted molar refractivity (Wildman–Crippen MR) is 120 cm³/mol. The third kappa shape index (κ3) is 6.21. The minimum Gasteiger partial charge on any atom is -0.477 e. The minimum atomic E-state index is -0.232. The number of rotatable bonds is 9. The van der Waals surface area contributed by atoms with Crippen molar-refractivity contribution in [1.29, 1.82) is 0 Å². The molecule has 1 heterocycles. The fourth-order valence-corrected chi connectivity index (χ4v) is 3.04. The van der Waals surface area contributed by atoms with Crippen molar-refractivity contribution in [3.63, 3.8) is 0 Å². The summed E-state index contributed by atoms with van der Waals surface area (Å²) in [4.78, 5) is 17.5.